The normalized spacial score (nSPS) is 10.8. The van der Waals surface area contributed by atoms with Crippen LogP contribution in [0.25, 0.3) is 22.5 Å². The van der Waals surface area contributed by atoms with Gasteiger partial charge in [0.25, 0.3) is 0 Å². The first-order valence-corrected chi connectivity index (χ1v) is 26.0. The Morgan fingerprint density at radius 3 is 0.865 bits per heavy atom. The molecule has 0 bridgehead atoms. The summed E-state index contributed by atoms with van der Waals surface area (Å²) in [5.41, 5.74) is 4.38. The van der Waals surface area contributed by atoms with Gasteiger partial charge in [0.1, 0.15) is 34.5 Å². The molecule has 11 heteroatoms. The van der Waals surface area contributed by atoms with Crippen molar-refractivity contribution in [2.45, 2.75) is 104 Å². The highest BCUT2D eigenvalue weighted by atomic mass is 16.5. The number of aromatic nitrogens is 1. The van der Waals surface area contributed by atoms with Gasteiger partial charge in [0.15, 0.2) is 0 Å². The fourth-order valence-electron chi connectivity index (χ4n) is 8.00. The molecule has 0 unspecified atom stereocenters. The average molecular weight is 996 g/mol. The molecule has 6 aromatic carbocycles. The van der Waals surface area contributed by atoms with Gasteiger partial charge in [0, 0.05) is 11.1 Å². The van der Waals surface area contributed by atoms with Crippen LogP contribution in [0.1, 0.15) is 145 Å². The highest BCUT2D eigenvalue weighted by Gasteiger charge is 2.15. The number of hydrogen-bond acceptors (Lipinski definition) is 11. The summed E-state index contributed by atoms with van der Waals surface area (Å²) in [6.45, 7) is 5.72. The maximum absolute atomic E-state index is 13.0. The summed E-state index contributed by atoms with van der Waals surface area (Å²) >= 11 is 0. The molecule has 1 aromatic heterocycles. The largest absolute Gasteiger partial charge is 0.494 e. The summed E-state index contributed by atoms with van der Waals surface area (Å²) < 4.78 is 34.0. The third-order valence-electron chi connectivity index (χ3n) is 12.3. The summed E-state index contributed by atoms with van der Waals surface area (Å²) in [7, 11) is 0. The van der Waals surface area contributed by atoms with Crippen LogP contribution < -0.4 is 28.4 Å². The van der Waals surface area contributed by atoms with Gasteiger partial charge in [0.05, 0.1) is 46.9 Å². The van der Waals surface area contributed by atoms with Gasteiger partial charge >= 0.3 is 23.9 Å². The van der Waals surface area contributed by atoms with E-state index in [-0.39, 0.29) is 11.1 Å². The standard InChI is InChI=1S/C63H65NO10/c1-3-5-7-9-11-13-15-44-69-52-32-24-48(25-33-52)60(65)73-56-40-28-50(29-41-56)62(67)71-54-36-20-46(21-37-54)58-18-17-19-59(64-58)47-22-38-55(39-23-47)72-63(68)51-30-42-57(43-31-51)74-61(66)49-26-34-53(35-27-49)70-45-16-14-12-10-8-6-4-2/h17-43H,3-16,44-45H2,1-2H3. The Hall–Kier alpha value is -8.05. The van der Waals surface area contributed by atoms with Crippen LogP contribution in [0.2, 0.25) is 0 Å². The molecule has 7 rings (SSSR count). The highest BCUT2D eigenvalue weighted by molar-refractivity contribution is 5.94. The zero-order valence-electron chi connectivity index (χ0n) is 42.4. The van der Waals surface area contributed by atoms with Gasteiger partial charge in [-0.1, -0.05) is 97.0 Å². The van der Waals surface area contributed by atoms with E-state index in [0.717, 1.165) is 36.8 Å². The van der Waals surface area contributed by atoms with E-state index in [9.17, 15) is 19.2 Å². The Morgan fingerprint density at radius 2 is 0.568 bits per heavy atom. The number of ether oxygens (including phenoxy) is 6. The summed E-state index contributed by atoms with van der Waals surface area (Å²) in [5.74, 6) is 0.541. The minimum absolute atomic E-state index is 0.290. The number of pyridine rings is 1. The van der Waals surface area contributed by atoms with Crippen LogP contribution in [-0.2, 0) is 0 Å². The van der Waals surface area contributed by atoms with Crippen molar-refractivity contribution in [3.05, 3.63) is 186 Å². The summed E-state index contributed by atoms with van der Waals surface area (Å²) in [4.78, 5) is 56.5. The molecule has 0 spiro atoms. The molecule has 0 saturated carbocycles. The first-order valence-electron chi connectivity index (χ1n) is 26.0. The lowest BCUT2D eigenvalue weighted by molar-refractivity contribution is 0.0720. The molecule has 11 nitrogen and oxygen atoms in total. The number of unbranched alkanes of at least 4 members (excludes halogenated alkanes) is 12. The van der Waals surface area contributed by atoms with Gasteiger partial charge in [0.2, 0.25) is 0 Å². The molecule has 0 aliphatic heterocycles. The molecule has 74 heavy (non-hydrogen) atoms. The van der Waals surface area contributed by atoms with Gasteiger partial charge in [-0.2, -0.15) is 0 Å². The minimum Gasteiger partial charge on any atom is -0.494 e. The highest BCUT2D eigenvalue weighted by Crippen LogP contribution is 2.28. The van der Waals surface area contributed by atoms with E-state index in [1.807, 2.05) is 42.5 Å². The average Bonchev–Trinajstić information content (AvgIpc) is 3.43. The van der Waals surface area contributed by atoms with Crippen molar-refractivity contribution in [1.29, 1.82) is 0 Å². The maximum Gasteiger partial charge on any atom is 0.343 e. The quantitative estimate of drug-likeness (QED) is 0.0263. The molecule has 0 atom stereocenters. The predicted octanol–water partition coefficient (Wildman–Crippen LogP) is 15.6. The molecule has 0 saturated heterocycles. The fraction of sp³-hybridized carbons (Fsp3) is 0.286. The van der Waals surface area contributed by atoms with E-state index in [0.29, 0.717) is 70.2 Å². The molecule has 0 fully saturated rings. The molecule has 7 aromatic rings. The Balaban J connectivity index is 0.826. The smallest absolute Gasteiger partial charge is 0.343 e. The zero-order chi connectivity index (χ0) is 51.7. The van der Waals surface area contributed by atoms with E-state index in [1.54, 1.807) is 121 Å². The third kappa shape index (κ3) is 17.0. The molecule has 0 amide bonds. The Labute approximate surface area is 434 Å². The van der Waals surface area contributed by atoms with E-state index < -0.39 is 23.9 Å². The van der Waals surface area contributed by atoms with Crippen molar-refractivity contribution in [3.63, 3.8) is 0 Å². The third-order valence-corrected chi connectivity index (χ3v) is 12.3. The van der Waals surface area contributed by atoms with Crippen LogP contribution in [0, 0.1) is 0 Å². The predicted molar refractivity (Wildman–Crippen MR) is 288 cm³/mol. The van der Waals surface area contributed by atoms with Crippen LogP contribution >= 0.6 is 0 Å². The summed E-state index contributed by atoms with van der Waals surface area (Å²) in [6, 6.07) is 45.9. The topological polar surface area (TPSA) is 137 Å². The number of rotatable bonds is 28. The fourth-order valence-corrected chi connectivity index (χ4v) is 8.00. The number of carbonyl (C=O) groups is 4. The number of hydrogen-bond donors (Lipinski definition) is 0. The van der Waals surface area contributed by atoms with Crippen LogP contribution in [0.4, 0.5) is 0 Å². The number of carbonyl (C=O) groups excluding carboxylic acids is 4. The first kappa shape index (κ1) is 53.7. The van der Waals surface area contributed by atoms with Crippen LogP contribution in [0.3, 0.4) is 0 Å². The second kappa shape index (κ2) is 28.9. The molecule has 0 N–H and O–H groups in total. The maximum atomic E-state index is 13.0. The van der Waals surface area contributed by atoms with E-state index in [4.69, 9.17) is 33.4 Å². The lowest BCUT2D eigenvalue weighted by atomic mass is 10.1. The molecular formula is C63H65NO10. The van der Waals surface area contributed by atoms with Crippen molar-refractivity contribution in [2.75, 3.05) is 13.2 Å². The van der Waals surface area contributed by atoms with Gasteiger partial charge in [-0.25, -0.2) is 24.2 Å². The first-order chi connectivity index (χ1) is 36.2. The molecule has 382 valence electrons. The van der Waals surface area contributed by atoms with Gasteiger partial charge < -0.3 is 28.4 Å². The van der Waals surface area contributed by atoms with Crippen molar-refractivity contribution in [2.24, 2.45) is 0 Å². The van der Waals surface area contributed by atoms with Crippen molar-refractivity contribution in [3.8, 4) is 57.0 Å². The van der Waals surface area contributed by atoms with E-state index in [2.05, 4.69) is 13.8 Å². The lowest BCUT2D eigenvalue weighted by Crippen LogP contribution is -2.10. The summed E-state index contributed by atoms with van der Waals surface area (Å²) in [6.07, 6.45) is 17.0. The summed E-state index contributed by atoms with van der Waals surface area (Å²) in [5, 5.41) is 0. The minimum atomic E-state index is -0.564. The van der Waals surface area contributed by atoms with Crippen LogP contribution in [0.15, 0.2) is 164 Å². The van der Waals surface area contributed by atoms with Crippen LogP contribution in [-0.4, -0.2) is 42.1 Å². The van der Waals surface area contributed by atoms with Crippen LogP contribution in [0.5, 0.6) is 34.5 Å². The lowest BCUT2D eigenvalue weighted by Gasteiger charge is -2.09. The molecule has 1 heterocycles. The van der Waals surface area contributed by atoms with Gasteiger partial charge in [-0.15, -0.1) is 0 Å². The second-order valence-electron chi connectivity index (χ2n) is 18.1. The van der Waals surface area contributed by atoms with Crippen molar-refractivity contribution < 1.29 is 47.6 Å². The van der Waals surface area contributed by atoms with E-state index >= 15 is 0 Å². The second-order valence-corrected chi connectivity index (χ2v) is 18.1. The molecule has 0 aliphatic carbocycles. The monoisotopic (exact) mass is 995 g/mol. The Bertz CT molecular complexity index is 2650. The van der Waals surface area contributed by atoms with Gasteiger partial charge in [-0.05, 0) is 171 Å². The SMILES string of the molecule is CCCCCCCCCOc1ccc(C(=O)Oc2ccc(C(=O)Oc3ccc(-c4cccc(-c5ccc(OC(=O)c6ccc(OC(=O)c7ccc(OCCCCCCCCC)cc7)cc6)cc5)n4)cc3)cc2)cc1. The number of esters is 4. The molecule has 0 aliphatic rings. The number of nitrogens with zero attached hydrogens (tertiary/aromatic N) is 1. The Kier molecular flexibility index (Phi) is 21.0. The number of benzene rings is 6. The van der Waals surface area contributed by atoms with Crippen molar-refractivity contribution >= 4 is 23.9 Å². The Morgan fingerprint density at radius 1 is 0.311 bits per heavy atom. The zero-order valence-corrected chi connectivity index (χ0v) is 42.4. The van der Waals surface area contributed by atoms with Gasteiger partial charge in [-0.3, -0.25) is 0 Å². The molecule has 0 radical (unpaired) electrons. The van der Waals surface area contributed by atoms with E-state index in [1.165, 1.54) is 64.2 Å². The van der Waals surface area contributed by atoms with Crippen molar-refractivity contribution in [1.82, 2.24) is 4.98 Å². The molecular weight excluding hydrogens is 931 g/mol.